The van der Waals surface area contributed by atoms with Gasteiger partial charge in [-0.1, -0.05) is 32.4 Å². The lowest BCUT2D eigenvalue weighted by Gasteiger charge is -2.62. The van der Waals surface area contributed by atoms with Gasteiger partial charge in [-0.15, -0.1) is 0 Å². The average Bonchev–Trinajstić information content (AvgIpc) is 3.37. The van der Waals surface area contributed by atoms with Gasteiger partial charge in [0.1, 0.15) is 5.60 Å². The van der Waals surface area contributed by atoms with Crippen molar-refractivity contribution >= 4 is 17.7 Å². The monoisotopic (exact) mass is 424 g/mol. The van der Waals surface area contributed by atoms with E-state index in [4.69, 9.17) is 9.47 Å². The lowest BCUT2D eigenvalue weighted by atomic mass is 9.42. The zero-order chi connectivity index (χ0) is 21.9. The SMILES string of the molecule is COC(=O)[C@H]1C2C(CC[C@@]3(C)C2[C@@H]2C[C@@H]2[C@]32CCC(=O)O2)[C@@]2(C)C=CC(=O)C=C2[C@H]1C. The molecule has 6 aliphatic rings. The number of esters is 2. The fourth-order valence-corrected chi connectivity index (χ4v) is 9.43. The third-order valence-electron chi connectivity index (χ3n) is 10.7. The summed E-state index contributed by atoms with van der Waals surface area (Å²) < 4.78 is 11.5. The first kappa shape index (κ1) is 19.8. The molecule has 1 spiro atoms. The first-order chi connectivity index (χ1) is 14.7. The number of ether oxygens (including phenoxy) is 2. The summed E-state index contributed by atoms with van der Waals surface area (Å²) in [5, 5.41) is 0. The topological polar surface area (TPSA) is 69.7 Å². The molecule has 10 atom stereocenters. The number of carbonyl (C=O) groups excluding carboxylic acids is 3. The van der Waals surface area contributed by atoms with Crippen LogP contribution in [0.25, 0.3) is 0 Å². The molecule has 0 aromatic heterocycles. The van der Waals surface area contributed by atoms with E-state index in [0.717, 1.165) is 31.3 Å². The number of hydrogen-bond donors (Lipinski definition) is 0. The van der Waals surface area contributed by atoms with E-state index in [-0.39, 0.29) is 57.8 Å². The first-order valence-electron chi connectivity index (χ1n) is 11.9. The second kappa shape index (κ2) is 5.90. The van der Waals surface area contributed by atoms with Crippen LogP contribution in [0.2, 0.25) is 0 Å². The summed E-state index contributed by atoms with van der Waals surface area (Å²) in [6.07, 6.45) is 10.0. The second-order valence-electron chi connectivity index (χ2n) is 11.5. The fraction of sp³-hybridized carbons (Fsp3) is 0.731. The molecular formula is C26H32O5. The number of ketones is 1. The largest absolute Gasteiger partial charge is 0.469 e. The van der Waals surface area contributed by atoms with Crippen LogP contribution in [0.3, 0.4) is 0 Å². The lowest BCUT2D eigenvalue weighted by molar-refractivity contribution is -0.186. The third kappa shape index (κ3) is 2.16. The van der Waals surface area contributed by atoms with E-state index in [1.54, 1.807) is 12.2 Å². The van der Waals surface area contributed by atoms with Gasteiger partial charge in [0, 0.05) is 23.2 Å². The van der Waals surface area contributed by atoms with E-state index in [1.165, 1.54) is 7.11 Å². The van der Waals surface area contributed by atoms with Gasteiger partial charge in [-0.3, -0.25) is 14.4 Å². The number of rotatable bonds is 1. The molecule has 0 aromatic rings. The van der Waals surface area contributed by atoms with Crippen LogP contribution >= 0.6 is 0 Å². The van der Waals surface area contributed by atoms with Crippen LogP contribution in [-0.4, -0.2) is 30.4 Å². The maximum Gasteiger partial charge on any atom is 0.309 e. The van der Waals surface area contributed by atoms with Crippen LogP contribution in [0.1, 0.15) is 52.9 Å². The lowest BCUT2D eigenvalue weighted by Crippen LogP contribution is -2.60. The molecule has 5 nitrogen and oxygen atoms in total. The minimum atomic E-state index is -0.344. The number of carbonyl (C=O) groups is 3. The zero-order valence-electron chi connectivity index (χ0n) is 18.9. The maximum absolute atomic E-state index is 13.2. The van der Waals surface area contributed by atoms with Crippen molar-refractivity contribution in [2.45, 2.75) is 58.5 Å². The molecule has 5 aliphatic carbocycles. The predicted molar refractivity (Wildman–Crippen MR) is 112 cm³/mol. The molecule has 0 bridgehead atoms. The molecule has 1 aliphatic heterocycles. The Balaban J connectivity index is 1.50. The van der Waals surface area contributed by atoms with Gasteiger partial charge in [0.15, 0.2) is 5.78 Å². The molecule has 0 amide bonds. The number of allylic oxidation sites excluding steroid dienone is 4. The Hall–Kier alpha value is -1.91. The fourth-order valence-electron chi connectivity index (χ4n) is 9.43. The molecule has 6 rings (SSSR count). The Bertz CT molecular complexity index is 963. The van der Waals surface area contributed by atoms with E-state index in [0.29, 0.717) is 24.2 Å². The van der Waals surface area contributed by atoms with Crippen LogP contribution in [0.5, 0.6) is 0 Å². The summed E-state index contributed by atoms with van der Waals surface area (Å²) in [5.41, 5.74) is 0.443. The molecule has 0 aromatic carbocycles. The van der Waals surface area contributed by atoms with Gasteiger partial charge in [-0.05, 0) is 67.4 Å². The molecule has 1 saturated heterocycles. The number of fused-ring (bicyclic) bond motifs is 9. The van der Waals surface area contributed by atoms with Crippen molar-refractivity contribution in [3.8, 4) is 0 Å². The van der Waals surface area contributed by atoms with Crippen LogP contribution in [0.4, 0.5) is 0 Å². The van der Waals surface area contributed by atoms with Gasteiger partial charge in [-0.25, -0.2) is 0 Å². The minimum Gasteiger partial charge on any atom is -0.469 e. The molecule has 166 valence electrons. The van der Waals surface area contributed by atoms with Gasteiger partial charge in [0.05, 0.1) is 13.0 Å². The Morgan fingerprint density at radius 3 is 2.65 bits per heavy atom. The molecule has 5 fully saturated rings. The number of methoxy groups -OCH3 is 1. The van der Waals surface area contributed by atoms with Gasteiger partial charge in [0.2, 0.25) is 0 Å². The van der Waals surface area contributed by atoms with Crippen molar-refractivity contribution in [1.29, 1.82) is 0 Å². The normalized spacial score (nSPS) is 53.8. The van der Waals surface area contributed by atoms with E-state index in [9.17, 15) is 14.4 Å². The van der Waals surface area contributed by atoms with E-state index in [2.05, 4.69) is 26.8 Å². The average molecular weight is 425 g/mol. The Kier molecular flexibility index (Phi) is 3.76. The van der Waals surface area contributed by atoms with Gasteiger partial charge in [-0.2, -0.15) is 0 Å². The summed E-state index contributed by atoms with van der Waals surface area (Å²) in [4.78, 5) is 37.8. The Labute approximate surface area is 183 Å². The Morgan fingerprint density at radius 2 is 1.97 bits per heavy atom. The van der Waals surface area contributed by atoms with Crippen molar-refractivity contribution in [3.05, 3.63) is 23.8 Å². The molecule has 4 saturated carbocycles. The van der Waals surface area contributed by atoms with Crippen molar-refractivity contribution in [2.75, 3.05) is 7.11 Å². The van der Waals surface area contributed by atoms with Crippen molar-refractivity contribution in [2.24, 2.45) is 52.3 Å². The molecule has 3 unspecified atom stereocenters. The van der Waals surface area contributed by atoms with Crippen LogP contribution < -0.4 is 0 Å². The van der Waals surface area contributed by atoms with E-state index in [1.807, 2.05) is 0 Å². The zero-order valence-corrected chi connectivity index (χ0v) is 18.9. The summed E-state index contributed by atoms with van der Waals surface area (Å²) >= 11 is 0. The summed E-state index contributed by atoms with van der Waals surface area (Å²) in [6.45, 7) is 6.70. The molecule has 5 heteroatoms. The van der Waals surface area contributed by atoms with Crippen LogP contribution in [-0.2, 0) is 23.9 Å². The number of hydrogen-bond acceptors (Lipinski definition) is 5. The molecule has 0 N–H and O–H groups in total. The van der Waals surface area contributed by atoms with Gasteiger partial charge in [0.25, 0.3) is 0 Å². The van der Waals surface area contributed by atoms with Gasteiger partial charge >= 0.3 is 11.9 Å². The van der Waals surface area contributed by atoms with Crippen molar-refractivity contribution in [3.63, 3.8) is 0 Å². The predicted octanol–water partition coefficient (Wildman–Crippen LogP) is 3.87. The Morgan fingerprint density at radius 1 is 1.19 bits per heavy atom. The standard InChI is InChI=1S/C26H32O5/c1-13-17-11-14(27)5-8-24(17,2)16-6-9-25(3)22(21(16)20(13)23(29)30-4)15-12-18(15)26(25)10-7-19(28)31-26/h5,8,11,13,15-16,18,20-22H,6-7,9-10,12H2,1-4H3/t13-,15-,16?,18+,20-,21?,22?,24-,25+,26-/m1/s1. The first-order valence-corrected chi connectivity index (χ1v) is 11.9. The highest BCUT2D eigenvalue weighted by molar-refractivity contribution is 6.01. The van der Waals surface area contributed by atoms with Crippen LogP contribution in [0.15, 0.2) is 23.8 Å². The van der Waals surface area contributed by atoms with Gasteiger partial charge < -0.3 is 9.47 Å². The highest BCUT2D eigenvalue weighted by atomic mass is 16.6. The van der Waals surface area contributed by atoms with Crippen molar-refractivity contribution in [1.82, 2.24) is 0 Å². The minimum absolute atomic E-state index is 0.0157. The van der Waals surface area contributed by atoms with Crippen LogP contribution in [0, 0.1) is 52.3 Å². The molecule has 1 heterocycles. The molecule has 31 heavy (non-hydrogen) atoms. The quantitative estimate of drug-likeness (QED) is 0.598. The van der Waals surface area contributed by atoms with E-state index >= 15 is 0 Å². The highest BCUT2D eigenvalue weighted by Gasteiger charge is 2.80. The smallest absolute Gasteiger partial charge is 0.309 e. The summed E-state index contributed by atoms with van der Waals surface area (Å²) in [6, 6.07) is 0. The molecular weight excluding hydrogens is 392 g/mol. The summed E-state index contributed by atoms with van der Waals surface area (Å²) in [5.74, 6) is 1.27. The maximum atomic E-state index is 13.2. The van der Waals surface area contributed by atoms with Crippen molar-refractivity contribution < 1.29 is 23.9 Å². The molecule has 0 radical (unpaired) electrons. The highest BCUT2D eigenvalue weighted by Crippen LogP contribution is 2.79. The second-order valence-corrected chi connectivity index (χ2v) is 11.5. The van der Waals surface area contributed by atoms with E-state index < -0.39 is 0 Å². The third-order valence-corrected chi connectivity index (χ3v) is 10.7. The summed E-state index contributed by atoms with van der Waals surface area (Å²) in [7, 11) is 1.48.